The first kappa shape index (κ1) is 17.5. The van der Waals surface area contributed by atoms with Gasteiger partial charge in [0.25, 0.3) is 0 Å². The van der Waals surface area contributed by atoms with Gasteiger partial charge in [0, 0.05) is 25.5 Å². The zero-order chi connectivity index (χ0) is 14.6. The summed E-state index contributed by atoms with van der Waals surface area (Å²) in [7, 11) is 0. The van der Waals surface area contributed by atoms with Gasteiger partial charge in [-0.3, -0.25) is 9.18 Å². The van der Waals surface area contributed by atoms with Crippen LogP contribution in [-0.2, 0) is 4.79 Å². The highest BCUT2D eigenvalue weighted by atomic mass is 32.2. The SMILES string of the molecule is CC(=O)SCCC(F)(F)C(F)(F)C(F)(F)CCF. The summed E-state index contributed by atoms with van der Waals surface area (Å²) in [6.45, 7) is -0.806. The van der Waals surface area contributed by atoms with Crippen molar-refractivity contribution in [3.63, 3.8) is 0 Å². The highest BCUT2D eigenvalue weighted by Crippen LogP contribution is 2.49. The minimum Gasteiger partial charge on any atom is -0.288 e. The van der Waals surface area contributed by atoms with Crippen LogP contribution in [0.1, 0.15) is 19.8 Å². The standard InChI is InChI=1S/C9H11F7OS/c1-6(17)18-5-3-8(13,14)9(15,16)7(11,12)2-4-10/h2-5H2,1H3. The third-order valence-electron chi connectivity index (χ3n) is 2.05. The molecule has 0 atom stereocenters. The topological polar surface area (TPSA) is 17.1 Å². The second-order valence-corrected chi connectivity index (χ2v) is 4.78. The number of carbonyl (C=O) groups is 1. The van der Waals surface area contributed by atoms with Crippen LogP contribution in [0.5, 0.6) is 0 Å². The first-order valence-corrected chi connectivity index (χ1v) is 5.79. The van der Waals surface area contributed by atoms with Crippen molar-refractivity contribution < 1.29 is 35.5 Å². The van der Waals surface area contributed by atoms with Gasteiger partial charge in [-0.15, -0.1) is 0 Å². The van der Waals surface area contributed by atoms with Crippen LogP contribution in [0.3, 0.4) is 0 Å². The molecule has 0 saturated carbocycles. The molecule has 0 aromatic rings. The molecule has 0 aliphatic heterocycles. The van der Waals surface area contributed by atoms with Gasteiger partial charge in [-0.1, -0.05) is 11.8 Å². The molecule has 0 aromatic carbocycles. The lowest BCUT2D eigenvalue weighted by atomic mass is 10.0. The Balaban J connectivity index is 4.78. The molecule has 0 aliphatic rings. The molecule has 1 nitrogen and oxygen atoms in total. The van der Waals surface area contributed by atoms with E-state index in [2.05, 4.69) is 0 Å². The van der Waals surface area contributed by atoms with Gasteiger partial charge < -0.3 is 0 Å². The van der Waals surface area contributed by atoms with Crippen LogP contribution in [0.15, 0.2) is 0 Å². The fourth-order valence-corrected chi connectivity index (χ4v) is 1.67. The maximum absolute atomic E-state index is 13.0. The van der Waals surface area contributed by atoms with Crippen molar-refractivity contribution in [2.24, 2.45) is 0 Å². The van der Waals surface area contributed by atoms with Crippen molar-refractivity contribution in [1.82, 2.24) is 0 Å². The van der Waals surface area contributed by atoms with Crippen LogP contribution in [0.2, 0.25) is 0 Å². The fourth-order valence-electron chi connectivity index (χ4n) is 1.02. The van der Waals surface area contributed by atoms with Gasteiger partial charge in [0.05, 0.1) is 6.67 Å². The second-order valence-electron chi connectivity index (χ2n) is 3.51. The largest absolute Gasteiger partial charge is 0.372 e. The Bertz CT molecular complexity index is 293. The molecular weight excluding hydrogens is 289 g/mol. The summed E-state index contributed by atoms with van der Waals surface area (Å²) in [6, 6.07) is 0. The molecule has 0 radical (unpaired) electrons. The smallest absolute Gasteiger partial charge is 0.288 e. The van der Waals surface area contributed by atoms with Crippen LogP contribution in [0.25, 0.3) is 0 Å². The van der Waals surface area contributed by atoms with E-state index < -0.39 is 48.2 Å². The van der Waals surface area contributed by atoms with E-state index in [1.807, 2.05) is 0 Å². The first-order chi connectivity index (χ1) is 7.98. The van der Waals surface area contributed by atoms with Gasteiger partial charge >= 0.3 is 17.8 Å². The Hall–Kier alpha value is -0.470. The normalized spacial score (nSPS) is 13.8. The predicted octanol–water partition coefficient (Wildman–Crippen LogP) is 3.92. The van der Waals surface area contributed by atoms with Gasteiger partial charge in [0.1, 0.15) is 0 Å². The number of alkyl halides is 7. The zero-order valence-electron chi connectivity index (χ0n) is 9.29. The summed E-state index contributed by atoms with van der Waals surface area (Å²) in [6.07, 6.45) is -3.57. The number of hydrogen-bond donors (Lipinski definition) is 0. The molecule has 0 rings (SSSR count). The van der Waals surface area contributed by atoms with Gasteiger partial charge in [-0.25, -0.2) is 0 Å². The highest BCUT2D eigenvalue weighted by molar-refractivity contribution is 8.13. The summed E-state index contributed by atoms with van der Waals surface area (Å²) in [5.74, 6) is -16.5. The van der Waals surface area contributed by atoms with E-state index >= 15 is 0 Å². The predicted molar refractivity (Wildman–Crippen MR) is 53.2 cm³/mol. The van der Waals surface area contributed by atoms with Gasteiger partial charge in [-0.05, 0) is 0 Å². The summed E-state index contributed by atoms with van der Waals surface area (Å²) < 4.78 is 89.0. The summed E-state index contributed by atoms with van der Waals surface area (Å²) in [4.78, 5) is 10.4. The molecule has 0 aromatic heterocycles. The molecule has 0 amide bonds. The Morgan fingerprint density at radius 1 is 1.00 bits per heavy atom. The number of rotatable bonds is 7. The van der Waals surface area contributed by atoms with Crippen molar-refractivity contribution in [1.29, 1.82) is 0 Å². The number of thioether (sulfide) groups is 1. The van der Waals surface area contributed by atoms with Gasteiger partial charge in [0.2, 0.25) is 0 Å². The van der Waals surface area contributed by atoms with Gasteiger partial charge in [0.15, 0.2) is 5.12 Å². The monoisotopic (exact) mass is 300 g/mol. The third-order valence-corrected chi connectivity index (χ3v) is 2.86. The Morgan fingerprint density at radius 3 is 1.83 bits per heavy atom. The van der Waals surface area contributed by atoms with Crippen molar-refractivity contribution >= 4 is 16.9 Å². The number of halogens is 7. The third kappa shape index (κ3) is 4.03. The lowest BCUT2D eigenvalue weighted by Gasteiger charge is -2.32. The van der Waals surface area contributed by atoms with Crippen LogP contribution in [-0.4, -0.2) is 35.3 Å². The molecule has 0 bridgehead atoms. The maximum Gasteiger partial charge on any atom is 0.372 e. The molecule has 0 aliphatic carbocycles. The first-order valence-electron chi connectivity index (χ1n) is 4.81. The van der Waals surface area contributed by atoms with Crippen LogP contribution >= 0.6 is 11.8 Å². The Kier molecular flexibility index (Phi) is 5.96. The lowest BCUT2D eigenvalue weighted by Crippen LogP contribution is -2.54. The van der Waals surface area contributed by atoms with Crippen LogP contribution < -0.4 is 0 Å². The minimum absolute atomic E-state index is 0.327. The van der Waals surface area contributed by atoms with Crippen molar-refractivity contribution in [2.45, 2.75) is 37.5 Å². The van der Waals surface area contributed by atoms with E-state index in [0.29, 0.717) is 11.8 Å². The molecule has 18 heavy (non-hydrogen) atoms. The molecule has 108 valence electrons. The van der Waals surface area contributed by atoms with Crippen molar-refractivity contribution in [3.8, 4) is 0 Å². The molecule has 0 unspecified atom stereocenters. The van der Waals surface area contributed by atoms with Gasteiger partial charge in [-0.2, -0.15) is 26.3 Å². The molecule has 0 N–H and O–H groups in total. The van der Waals surface area contributed by atoms with E-state index in [0.717, 1.165) is 6.92 Å². The van der Waals surface area contributed by atoms with Crippen LogP contribution in [0.4, 0.5) is 30.7 Å². The van der Waals surface area contributed by atoms with E-state index in [9.17, 15) is 35.5 Å². The number of hydrogen-bond acceptors (Lipinski definition) is 2. The second kappa shape index (κ2) is 6.12. The van der Waals surface area contributed by atoms with E-state index in [1.165, 1.54) is 0 Å². The number of carbonyl (C=O) groups excluding carboxylic acids is 1. The minimum atomic E-state index is -5.65. The molecule has 9 heteroatoms. The highest BCUT2D eigenvalue weighted by Gasteiger charge is 2.70. The van der Waals surface area contributed by atoms with Crippen molar-refractivity contribution in [3.05, 3.63) is 0 Å². The Morgan fingerprint density at radius 2 is 1.44 bits per heavy atom. The summed E-state index contributed by atoms with van der Waals surface area (Å²) in [5, 5.41) is -0.593. The molecule has 0 spiro atoms. The maximum atomic E-state index is 13.0. The summed E-state index contributed by atoms with van der Waals surface area (Å²) >= 11 is 0.327. The summed E-state index contributed by atoms with van der Waals surface area (Å²) in [5.41, 5.74) is 0. The lowest BCUT2D eigenvalue weighted by molar-refractivity contribution is -0.311. The molecule has 0 fully saturated rings. The average molecular weight is 300 g/mol. The fraction of sp³-hybridized carbons (Fsp3) is 0.889. The van der Waals surface area contributed by atoms with Crippen molar-refractivity contribution in [2.75, 3.05) is 12.4 Å². The average Bonchev–Trinajstić information content (AvgIpc) is 2.15. The van der Waals surface area contributed by atoms with E-state index in [-0.39, 0.29) is 0 Å². The molecule has 0 heterocycles. The quantitative estimate of drug-likeness (QED) is 0.663. The zero-order valence-corrected chi connectivity index (χ0v) is 10.1. The molecular formula is C9H11F7OS. The van der Waals surface area contributed by atoms with E-state index in [4.69, 9.17) is 0 Å². The Labute approximate surface area is 103 Å². The van der Waals surface area contributed by atoms with E-state index in [1.54, 1.807) is 0 Å². The van der Waals surface area contributed by atoms with Crippen LogP contribution in [0, 0.1) is 0 Å². The molecule has 0 saturated heterocycles.